The number of hydrogen-bond acceptors (Lipinski definition) is 6. The standard InChI is InChI=1S/C18H22N4O7/c1-9(15(26)21-11(14(19)25)7-8-13(23)24)20-16(27)18(2)17(28)22-10-5-3-4-6-12(10)29-18/h3-6,9,11H,7-8H2,1-2H3,(H2,19,25)(H,20,27)(H,21,26)(H,22,28)(H,23,24)/t9-,11+,18?/m0/s1. The lowest BCUT2D eigenvalue weighted by molar-refractivity contribution is -0.148. The molecule has 0 saturated carbocycles. The van der Waals surface area contributed by atoms with Crippen molar-refractivity contribution in [3.63, 3.8) is 0 Å². The number of primary amides is 1. The molecule has 6 N–H and O–H groups in total. The van der Waals surface area contributed by atoms with E-state index in [4.69, 9.17) is 15.6 Å². The third-order valence-electron chi connectivity index (χ3n) is 4.36. The van der Waals surface area contributed by atoms with Gasteiger partial charge in [0.25, 0.3) is 17.4 Å². The van der Waals surface area contributed by atoms with Crippen LogP contribution in [0.25, 0.3) is 0 Å². The minimum atomic E-state index is -1.92. The summed E-state index contributed by atoms with van der Waals surface area (Å²) in [7, 11) is 0. The van der Waals surface area contributed by atoms with Gasteiger partial charge in [-0.15, -0.1) is 0 Å². The summed E-state index contributed by atoms with van der Waals surface area (Å²) in [6.07, 6.45) is -0.572. The molecular weight excluding hydrogens is 384 g/mol. The van der Waals surface area contributed by atoms with E-state index in [0.29, 0.717) is 11.4 Å². The Morgan fingerprint density at radius 1 is 1.24 bits per heavy atom. The van der Waals surface area contributed by atoms with E-state index >= 15 is 0 Å². The number of hydrogen-bond donors (Lipinski definition) is 5. The first kappa shape index (κ1) is 21.7. The molecule has 4 amide bonds. The first-order valence-corrected chi connectivity index (χ1v) is 8.76. The number of carboxylic acids is 1. The van der Waals surface area contributed by atoms with Gasteiger partial charge in [0.05, 0.1) is 5.69 Å². The molecule has 0 bridgehead atoms. The quantitative estimate of drug-likeness (QED) is 0.348. The predicted molar refractivity (Wildman–Crippen MR) is 99.7 cm³/mol. The predicted octanol–water partition coefficient (Wildman–Crippen LogP) is -0.884. The molecule has 2 rings (SSSR count). The number of aliphatic carboxylic acids is 1. The third-order valence-corrected chi connectivity index (χ3v) is 4.36. The Hall–Kier alpha value is -3.63. The van der Waals surface area contributed by atoms with E-state index in [1.54, 1.807) is 24.3 Å². The van der Waals surface area contributed by atoms with Gasteiger partial charge in [-0.1, -0.05) is 12.1 Å². The highest BCUT2D eigenvalue weighted by Gasteiger charge is 2.47. The summed E-state index contributed by atoms with van der Waals surface area (Å²) in [5.74, 6) is -4.11. The Balaban J connectivity index is 2.03. The number of anilines is 1. The van der Waals surface area contributed by atoms with Crippen molar-refractivity contribution in [2.75, 3.05) is 5.32 Å². The molecule has 0 aromatic heterocycles. The number of benzene rings is 1. The van der Waals surface area contributed by atoms with Gasteiger partial charge in [-0.25, -0.2) is 0 Å². The first-order chi connectivity index (χ1) is 13.5. The third kappa shape index (κ3) is 5.00. The topological polar surface area (TPSA) is 177 Å². The van der Waals surface area contributed by atoms with Crippen molar-refractivity contribution in [1.82, 2.24) is 10.6 Å². The molecule has 0 spiro atoms. The van der Waals surface area contributed by atoms with Crippen LogP contribution in [0.5, 0.6) is 5.75 Å². The molecule has 1 heterocycles. The van der Waals surface area contributed by atoms with Gasteiger partial charge in [0.1, 0.15) is 17.8 Å². The van der Waals surface area contributed by atoms with Gasteiger partial charge < -0.3 is 31.5 Å². The molecule has 0 radical (unpaired) electrons. The Labute approximate surface area is 166 Å². The molecule has 1 aliphatic rings. The van der Waals surface area contributed by atoms with Crippen molar-refractivity contribution in [2.24, 2.45) is 5.73 Å². The number of nitrogens with one attached hydrogen (secondary N) is 3. The summed E-state index contributed by atoms with van der Waals surface area (Å²) in [5, 5.41) is 15.9. The van der Waals surface area contributed by atoms with Crippen LogP contribution in [-0.4, -0.2) is 52.4 Å². The van der Waals surface area contributed by atoms with Gasteiger partial charge in [-0.3, -0.25) is 24.0 Å². The van der Waals surface area contributed by atoms with Crippen molar-refractivity contribution in [1.29, 1.82) is 0 Å². The van der Waals surface area contributed by atoms with Crippen LogP contribution in [-0.2, 0) is 24.0 Å². The molecule has 1 aromatic rings. The number of para-hydroxylation sites is 2. The highest BCUT2D eigenvalue weighted by molar-refractivity contribution is 6.15. The number of fused-ring (bicyclic) bond motifs is 1. The summed E-state index contributed by atoms with van der Waals surface area (Å²) in [6, 6.07) is 4.19. The number of amides is 4. The molecule has 11 heteroatoms. The lowest BCUT2D eigenvalue weighted by Crippen LogP contribution is -2.62. The van der Waals surface area contributed by atoms with Crippen LogP contribution in [0, 0.1) is 0 Å². The highest BCUT2D eigenvalue weighted by atomic mass is 16.5. The van der Waals surface area contributed by atoms with E-state index in [1.807, 2.05) is 0 Å². The minimum Gasteiger partial charge on any atom is -0.481 e. The summed E-state index contributed by atoms with van der Waals surface area (Å²) in [4.78, 5) is 59.4. The Kier molecular flexibility index (Phi) is 6.42. The maximum atomic E-state index is 12.6. The zero-order chi connectivity index (χ0) is 21.8. The van der Waals surface area contributed by atoms with Crippen molar-refractivity contribution in [3.8, 4) is 5.75 Å². The van der Waals surface area contributed by atoms with Crippen LogP contribution in [0.4, 0.5) is 5.69 Å². The maximum Gasteiger partial charge on any atom is 0.303 e. The first-order valence-electron chi connectivity index (χ1n) is 8.76. The smallest absolute Gasteiger partial charge is 0.303 e. The second-order valence-corrected chi connectivity index (χ2v) is 6.68. The second-order valence-electron chi connectivity index (χ2n) is 6.68. The van der Waals surface area contributed by atoms with Gasteiger partial charge in [0, 0.05) is 6.42 Å². The lowest BCUT2D eigenvalue weighted by atomic mass is 10.0. The molecule has 29 heavy (non-hydrogen) atoms. The van der Waals surface area contributed by atoms with E-state index < -0.39 is 47.3 Å². The molecule has 11 nitrogen and oxygen atoms in total. The van der Waals surface area contributed by atoms with Crippen molar-refractivity contribution in [2.45, 2.75) is 44.4 Å². The molecule has 0 aliphatic carbocycles. The minimum absolute atomic E-state index is 0.197. The zero-order valence-electron chi connectivity index (χ0n) is 15.9. The van der Waals surface area contributed by atoms with E-state index in [1.165, 1.54) is 13.8 Å². The molecule has 1 unspecified atom stereocenters. The van der Waals surface area contributed by atoms with Crippen LogP contribution in [0.15, 0.2) is 24.3 Å². The van der Waals surface area contributed by atoms with Crippen LogP contribution in [0.1, 0.15) is 26.7 Å². The monoisotopic (exact) mass is 406 g/mol. The number of nitrogens with two attached hydrogens (primary N) is 1. The van der Waals surface area contributed by atoms with E-state index in [2.05, 4.69) is 16.0 Å². The highest BCUT2D eigenvalue weighted by Crippen LogP contribution is 2.33. The van der Waals surface area contributed by atoms with Crippen molar-refractivity contribution < 1.29 is 33.8 Å². The lowest BCUT2D eigenvalue weighted by Gasteiger charge is -2.34. The Morgan fingerprint density at radius 2 is 1.90 bits per heavy atom. The van der Waals surface area contributed by atoms with Gasteiger partial charge in [-0.05, 0) is 32.4 Å². The van der Waals surface area contributed by atoms with Crippen molar-refractivity contribution >= 4 is 35.3 Å². The van der Waals surface area contributed by atoms with Crippen LogP contribution < -0.4 is 26.4 Å². The van der Waals surface area contributed by atoms with Gasteiger partial charge >= 0.3 is 5.97 Å². The summed E-state index contributed by atoms with van der Waals surface area (Å²) < 4.78 is 5.56. The van der Waals surface area contributed by atoms with Crippen LogP contribution >= 0.6 is 0 Å². The van der Waals surface area contributed by atoms with Crippen LogP contribution in [0.2, 0.25) is 0 Å². The van der Waals surface area contributed by atoms with Crippen LogP contribution in [0.3, 0.4) is 0 Å². The van der Waals surface area contributed by atoms with Crippen molar-refractivity contribution in [3.05, 3.63) is 24.3 Å². The normalized spacial score (nSPS) is 19.6. The number of rotatable bonds is 8. The Morgan fingerprint density at radius 3 is 2.52 bits per heavy atom. The summed E-state index contributed by atoms with van der Waals surface area (Å²) in [5.41, 5.74) is 3.66. The molecule has 156 valence electrons. The number of carbonyl (C=O) groups excluding carboxylic acids is 4. The fourth-order valence-electron chi connectivity index (χ4n) is 2.57. The molecule has 1 aliphatic heterocycles. The van der Waals surface area contributed by atoms with Gasteiger partial charge in [0.15, 0.2) is 0 Å². The number of carbonyl (C=O) groups is 5. The average Bonchev–Trinajstić information content (AvgIpc) is 2.65. The summed E-state index contributed by atoms with van der Waals surface area (Å²) in [6.45, 7) is 2.60. The molecule has 0 fully saturated rings. The zero-order valence-corrected chi connectivity index (χ0v) is 15.9. The number of carboxylic acid groups (broad SMARTS) is 1. The second kappa shape index (κ2) is 8.59. The Bertz CT molecular complexity index is 856. The maximum absolute atomic E-state index is 12.6. The largest absolute Gasteiger partial charge is 0.481 e. The van der Waals surface area contributed by atoms with Gasteiger partial charge in [-0.2, -0.15) is 0 Å². The van der Waals surface area contributed by atoms with E-state index in [-0.39, 0.29) is 12.8 Å². The fraction of sp³-hybridized carbons (Fsp3) is 0.389. The SMILES string of the molecule is C[C@H](NC(=O)C1(C)Oc2ccccc2NC1=O)C(=O)N[C@H](CCC(=O)O)C(N)=O. The number of ether oxygens (including phenoxy) is 1. The van der Waals surface area contributed by atoms with Gasteiger partial charge in [0.2, 0.25) is 11.8 Å². The molecule has 3 atom stereocenters. The fourth-order valence-corrected chi connectivity index (χ4v) is 2.57. The summed E-state index contributed by atoms with van der Waals surface area (Å²) >= 11 is 0. The molecular formula is C18H22N4O7. The average molecular weight is 406 g/mol. The molecule has 0 saturated heterocycles. The van der Waals surface area contributed by atoms with E-state index in [0.717, 1.165) is 0 Å². The molecule has 1 aromatic carbocycles. The van der Waals surface area contributed by atoms with E-state index in [9.17, 15) is 24.0 Å².